The summed E-state index contributed by atoms with van der Waals surface area (Å²) < 4.78 is 5.10. The average Bonchev–Trinajstić information content (AvgIpc) is 2.46. The maximum atomic E-state index is 11.7. The Hall–Kier alpha value is -2.53. The van der Waals surface area contributed by atoms with E-state index >= 15 is 0 Å². The van der Waals surface area contributed by atoms with Gasteiger partial charge < -0.3 is 4.74 Å². The number of carbonyl (C=O) groups is 1. The molecule has 0 aliphatic heterocycles. The first-order valence-corrected chi connectivity index (χ1v) is 6.01. The molecular formula is C17H14O2. The van der Waals surface area contributed by atoms with Crippen molar-refractivity contribution in [2.75, 3.05) is 7.11 Å². The Kier molecular flexibility index (Phi) is 4.36. The number of benzene rings is 2. The molecule has 0 aliphatic carbocycles. The van der Waals surface area contributed by atoms with Gasteiger partial charge in [0.25, 0.3) is 0 Å². The summed E-state index contributed by atoms with van der Waals surface area (Å²) >= 11 is 0. The molecule has 2 rings (SSSR count). The van der Waals surface area contributed by atoms with Crippen LogP contribution >= 0.6 is 0 Å². The summed E-state index contributed by atoms with van der Waals surface area (Å²) in [6, 6.07) is 17.0. The third-order valence-corrected chi connectivity index (χ3v) is 2.62. The summed E-state index contributed by atoms with van der Waals surface area (Å²) in [5.41, 5.74) is 1.76. The lowest BCUT2D eigenvalue weighted by atomic mass is 10.1. The summed E-state index contributed by atoms with van der Waals surface area (Å²) in [7, 11) is 1.60. The summed E-state index contributed by atoms with van der Waals surface area (Å²) in [5.74, 6) is 6.16. The summed E-state index contributed by atoms with van der Waals surface area (Å²) in [6.07, 6.45) is 0.345. The largest absolute Gasteiger partial charge is 0.497 e. The molecule has 2 aromatic carbocycles. The Morgan fingerprint density at radius 3 is 2.63 bits per heavy atom. The molecule has 0 radical (unpaired) electrons. The van der Waals surface area contributed by atoms with E-state index < -0.39 is 0 Å². The number of ketones is 1. The van der Waals surface area contributed by atoms with Crippen LogP contribution in [0.25, 0.3) is 0 Å². The van der Waals surface area contributed by atoms with Crippen LogP contribution in [0.15, 0.2) is 54.6 Å². The Morgan fingerprint density at radius 2 is 1.89 bits per heavy atom. The highest BCUT2D eigenvalue weighted by atomic mass is 16.5. The molecular weight excluding hydrogens is 236 g/mol. The van der Waals surface area contributed by atoms with Crippen molar-refractivity contribution in [2.24, 2.45) is 0 Å². The van der Waals surface area contributed by atoms with Crippen LogP contribution in [0, 0.1) is 11.8 Å². The lowest BCUT2D eigenvalue weighted by Gasteiger charge is -1.98. The van der Waals surface area contributed by atoms with Crippen molar-refractivity contribution in [1.82, 2.24) is 0 Å². The van der Waals surface area contributed by atoms with E-state index in [0.29, 0.717) is 6.42 Å². The number of ether oxygens (including phenoxy) is 1. The van der Waals surface area contributed by atoms with Crippen molar-refractivity contribution in [3.8, 4) is 17.6 Å². The second kappa shape index (κ2) is 6.42. The number of rotatable bonds is 3. The third-order valence-electron chi connectivity index (χ3n) is 2.62. The second-order valence-corrected chi connectivity index (χ2v) is 4.07. The second-order valence-electron chi connectivity index (χ2n) is 4.07. The summed E-state index contributed by atoms with van der Waals surface area (Å²) in [4.78, 5) is 11.7. The van der Waals surface area contributed by atoms with Crippen LogP contribution in [0.1, 0.15) is 11.1 Å². The van der Waals surface area contributed by atoms with E-state index in [1.54, 1.807) is 7.11 Å². The van der Waals surface area contributed by atoms with Crippen molar-refractivity contribution in [1.29, 1.82) is 0 Å². The van der Waals surface area contributed by atoms with E-state index in [1.807, 2.05) is 54.6 Å². The maximum absolute atomic E-state index is 11.7. The highest BCUT2D eigenvalue weighted by Gasteiger charge is 1.99. The van der Waals surface area contributed by atoms with Crippen molar-refractivity contribution < 1.29 is 9.53 Å². The van der Waals surface area contributed by atoms with E-state index in [9.17, 15) is 4.79 Å². The lowest BCUT2D eigenvalue weighted by molar-refractivity contribution is -0.113. The van der Waals surface area contributed by atoms with E-state index in [1.165, 1.54) is 0 Å². The molecule has 2 aromatic rings. The van der Waals surface area contributed by atoms with Crippen LogP contribution in [0.3, 0.4) is 0 Å². The van der Waals surface area contributed by atoms with Crippen LogP contribution in [0.2, 0.25) is 0 Å². The van der Waals surface area contributed by atoms with Gasteiger partial charge in [-0.25, -0.2) is 0 Å². The first-order chi connectivity index (χ1) is 9.28. The maximum Gasteiger partial charge on any atom is 0.210 e. The van der Waals surface area contributed by atoms with Gasteiger partial charge >= 0.3 is 0 Å². The number of hydrogen-bond donors (Lipinski definition) is 0. The van der Waals surface area contributed by atoms with Gasteiger partial charge in [0.1, 0.15) is 5.75 Å². The molecule has 0 unspecified atom stereocenters. The fourth-order valence-electron chi connectivity index (χ4n) is 1.67. The number of methoxy groups -OCH3 is 1. The number of carbonyl (C=O) groups excluding carboxylic acids is 1. The summed E-state index contributed by atoms with van der Waals surface area (Å²) in [6.45, 7) is 0. The monoisotopic (exact) mass is 250 g/mol. The fourth-order valence-corrected chi connectivity index (χ4v) is 1.67. The molecule has 19 heavy (non-hydrogen) atoms. The molecule has 0 heterocycles. The van der Waals surface area contributed by atoms with Crippen molar-refractivity contribution in [3.05, 3.63) is 65.7 Å². The predicted molar refractivity (Wildman–Crippen MR) is 75.0 cm³/mol. The summed E-state index contributed by atoms with van der Waals surface area (Å²) in [5, 5.41) is 0. The smallest absolute Gasteiger partial charge is 0.210 e. The molecule has 0 aromatic heterocycles. The molecule has 0 fully saturated rings. The van der Waals surface area contributed by atoms with Gasteiger partial charge in [0.2, 0.25) is 5.78 Å². The van der Waals surface area contributed by atoms with Crippen LogP contribution in [-0.2, 0) is 11.2 Å². The highest BCUT2D eigenvalue weighted by molar-refractivity contribution is 5.97. The molecule has 0 atom stereocenters. The number of hydrogen-bond acceptors (Lipinski definition) is 2. The molecule has 2 nitrogen and oxygen atoms in total. The minimum Gasteiger partial charge on any atom is -0.497 e. The van der Waals surface area contributed by atoms with Gasteiger partial charge in [-0.3, -0.25) is 4.79 Å². The third kappa shape index (κ3) is 4.01. The molecule has 0 spiro atoms. The zero-order valence-electron chi connectivity index (χ0n) is 10.7. The molecule has 0 N–H and O–H groups in total. The molecule has 0 bridgehead atoms. The molecule has 0 aliphatic rings. The predicted octanol–water partition coefficient (Wildman–Crippen LogP) is 2.86. The fraction of sp³-hybridized carbons (Fsp3) is 0.118. The number of Topliss-reactive ketones (excluding diaryl/α,β-unsaturated/α-hetero) is 1. The minimum absolute atomic E-state index is 0.0889. The Morgan fingerprint density at radius 1 is 1.11 bits per heavy atom. The van der Waals surface area contributed by atoms with Gasteiger partial charge in [-0.05, 0) is 29.7 Å². The zero-order valence-corrected chi connectivity index (χ0v) is 10.7. The van der Waals surface area contributed by atoms with Gasteiger partial charge in [-0.1, -0.05) is 42.3 Å². The normalized spacial score (nSPS) is 9.32. The SMILES string of the molecule is COc1cccc(C#CC(=O)Cc2ccccc2)c1. The average molecular weight is 250 g/mol. The lowest BCUT2D eigenvalue weighted by Crippen LogP contribution is -1.98. The molecule has 0 amide bonds. The first-order valence-electron chi connectivity index (χ1n) is 6.01. The van der Waals surface area contributed by atoms with Crippen molar-refractivity contribution in [3.63, 3.8) is 0 Å². The molecule has 0 saturated heterocycles. The van der Waals surface area contributed by atoms with Crippen LogP contribution in [-0.4, -0.2) is 12.9 Å². The Balaban J connectivity index is 2.05. The molecule has 2 heteroatoms. The van der Waals surface area contributed by atoms with Crippen molar-refractivity contribution in [2.45, 2.75) is 6.42 Å². The topological polar surface area (TPSA) is 26.3 Å². The van der Waals surface area contributed by atoms with E-state index in [-0.39, 0.29) is 5.78 Å². The quantitative estimate of drug-likeness (QED) is 0.783. The van der Waals surface area contributed by atoms with Crippen LogP contribution < -0.4 is 4.74 Å². The zero-order chi connectivity index (χ0) is 13.5. The van der Waals surface area contributed by atoms with Crippen molar-refractivity contribution >= 4 is 5.78 Å². The van der Waals surface area contributed by atoms with Gasteiger partial charge in [0.15, 0.2) is 0 Å². The first kappa shape index (κ1) is 12.9. The van der Waals surface area contributed by atoms with Gasteiger partial charge in [0, 0.05) is 12.0 Å². The minimum atomic E-state index is -0.0889. The standard InChI is InChI=1S/C17H14O2/c1-19-17-9-5-8-15(13-17)10-11-16(18)12-14-6-3-2-4-7-14/h2-9,13H,12H2,1H3. The van der Waals surface area contributed by atoms with Gasteiger partial charge in [-0.2, -0.15) is 0 Å². The van der Waals surface area contributed by atoms with E-state index in [2.05, 4.69) is 11.8 Å². The molecule has 0 saturated carbocycles. The van der Waals surface area contributed by atoms with E-state index in [4.69, 9.17) is 4.74 Å². The van der Waals surface area contributed by atoms with E-state index in [0.717, 1.165) is 16.9 Å². The van der Waals surface area contributed by atoms with Crippen LogP contribution in [0.5, 0.6) is 5.75 Å². The Bertz CT molecular complexity index is 618. The Labute approximate surface area is 113 Å². The van der Waals surface area contributed by atoms with Crippen LogP contribution in [0.4, 0.5) is 0 Å². The highest BCUT2D eigenvalue weighted by Crippen LogP contribution is 2.11. The van der Waals surface area contributed by atoms with Gasteiger partial charge in [-0.15, -0.1) is 0 Å². The van der Waals surface area contributed by atoms with Gasteiger partial charge in [0.05, 0.1) is 7.11 Å². The molecule has 94 valence electrons.